The van der Waals surface area contributed by atoms with E-state index in [0.717, 1.165) is 17.7 Å². The molecular weight excluding hydrogens is 369 g/mol. The highest BCUT2D eigenvalue weighted by atomic mass is 19.1. The van der Waals surface area contributed by atoms with Crippen molar-refractivity contribution in [1.29, 1.82) is 0 Å². The highest BCUT2D eigenvalue weighted by Crippen LogP contribution is 2.34. The van der Waals surface area contributed by atoms with E-state index in [-0.39, 0.29) is 5.82 Å². The predicted octanol–water partition coefficient (Wildman–Crippen LogP) is 1.41. The molecule has 1 atom stereocenters. The maximum absolute atomic E-state index is 12.9. The van der Waals surface area contributed by atoms with Gasteiger partial charge in [0, 0.05) is 0 Å². The second-order valence-electron chi connectivity index (χ2n) is 7.11. The maximum atomic E-state index is 12.9. The third kappa shape index (κ3) is 4.13. The number of amides is 4. The molecule has 8 nitrogen and oxygen atoms in total. The molecule has 4 amide bonds. The minimum Gasteiger partial charge on any atom is -0.454 e. The first-order chi connectivity index (χ1) is 13.3. The molecular formula is C19H22FN3O5. The molecule has 2 N–H and O–H groups in total. The van der Waals surface area contributed by atoms with Gasteiger partial charge in [-0.2, -0.15) is 0 Å². The number of benzene rings is 1. The Balaban J connectivity index is 1.46. The number of urea groups is 1. The van der Waals surface area contributed by atoms with E-state index in [0.29, 0.717) is 18.4 Å². The van der Waals surface area contributed by atoms with Gasteiger partial charge >= 0.3 is 12.0 Å². The van der Waals surface area contributed by atoms with Gasteiger partial charge in [-0.25, -0.2) is 9.18 Å². The van der Waals surface area contributed by atoms with Crippen molar-refractivity contribution >= 4 is 23.8 Å². The molecule has 1 heterocycles. The van der Waals surface area contributed by atoms with Crippen molar-refractivity contribution < 1.29 is 28.3 Å². The first-order valence-corrected chi connectivity index (χ1v) is 9.15. The molecule has 1 spiro atoms. The van der Waals surface area contributed by atoms with Gasteiger partial charge in [0.1, 0.15) is 17.9 Å². The molecule has 0 aromatic heterocycles. The van der Waals surface area contributed by atoms with Crippen LogP contribution in [0.2, 0.25) is 0 Å². The second kappa shape index (κ2) is 7.95. The molecule has 1 saturated heterocycles. The Morgan fingerprint density at radius 2 is 1.89 bits per heavy atom. The zero-order valence-electron chi connectivity index (χ0n) is 15.5. The Morgan fingerprint density at radius 1 is 1.25 bits per heavy atom. The molecule has 1 aliphatic carbocycles. The van der Waals surface area contributed by atoms with E-state index in [1.54, 1.807) is 19.1 Å². The van der Waals surface area contributed by atoms with Gasteiger partial charge in [-0.05, 0) is 37.5 Å². The number of nitrogens with one attached hydrogen (secondary N) is 2. The van der Waals surface area contributed by atoms with E-state index in [2.05, 4.69) is 10.6 Å². The normalized spacial score (nSPS) is 18.9. The largest absolute Gasteiger partial charge is 0.454 e. The van der Waals surface area contributed by atoms with Crippen LogP contribution in [0.3, 0.4) is 0 Å². The summed E-state index contributed by atoms with van der Waals surface area (Å²) in [6.07, 6.45) is 2.81. The molecule has 150 valence electrons. The molecule has 1 aromatic carbocycles. The van der Waals surface area contributed by atoms with Crippen molar-refractivity contribution in [2.75, 3.05) is 13.2 Å². The lowest BCUT2D eigenvalue weighted by Gasteiger charge is -2.19. The zero-order valence-corrected chi connectivity index (χ0v) is 15.5. The minimum absolute atomic E-state index is 0.379. The van der Waals surface area contributed by atoms with Gasteiger partial charge in [-0.15, -0.1) is 0 Å². The number of halogens is 1. The van der Waals surface area contributed by atoms with Crippen LogP contribution in [0.4, 0.5) is 9.18 Å². The molecule has 1 saturated carbocycles. The molecule has 9 heteroatoms. The smallest absolute Gasteiger partial charge is 0.326 e. The Bertz CT molecular complexity index is 789. The van der Waals surface area contributed by atoms with Crippen LogP contribution in [0.15, 0.2) is 24.3 Å². The summed E-state index contributed by atoms with van der Waals surface area (Å²) in [5, 5.41) is 5.29. The van der Waals surface area contributed by atoms with Crippen LogP contribution >= 0.6 is 0 Å². The SMILES string of the molecule is CC(NC(=O)COC(=O)CN1C(=O)NC2(CCCC2)C1=O)c1ccc(F)cc1. The first kappa shape index (κ1) is 19.8. The molecule has 0 radical (unpaired) electrons. The maximum Gasteiger partial charge on any atom is 0.326 e. The summed E-state index contributed by atoms with van der Waals surface area (Å²) in [4.78, 5) is 49.3. The highest BCUT2D eigenvalue weighted by Gasteiger charge is 2.52. The zero-order chi connectivity index (χ0) is 20.3. The average Bonchev–Trinajstić information content (AvgIpc) is 3.21. The number of ether oxygens (including phenoxy) is 1. The summed E-state index contributed by atoms with van der Waals surface area (Å²) in [6, 6.07) is 4.64. The Kier molecular flexibility index (Phi) is 5.62. The molecule has 28 heavy (non-hydrogen) atoms. The van der Waals surface area contributed by atoms with Gasteiger partial charge in [0.2, 0.25) is 0 Å². The fourth-order valence-corrected chi connectivity index (χ4v) is 3.58. The van der Waals surface area contributed by atoms with Gasteiger partial charge < -0.3 is 15.4 Å². The lowest BCUT2D eigenvalue weighted by molar-refractivity contribution is -0.151. The number of carbonyl (C=O) groups is 4. The van der Waals surface area contributed by atoms with Crippen LogP contribution in [0, 0.1) is 5.82 Å². The molecule has 0 bridgehead atoms. The molecule has 2 aliphatic rings. The van der Waals surface area contributed by atoms with Crippen molar-refractivity contribution in [1.82, 2.24) is 15.5 Å². The van der Waals surface area contributed by atoms with E-state index < -0.39 is 48.5 Å². The number of rotatable bonds is 6. The van der Waals surface area contributed by atoms with Crippen molar-refractivity contribution in [3.8, 4) is 0 Å². The Labute approximate surface area is 161 Å². The molecule has 1 unspecified atom stereocenters. The van der Waals surface area contributed by atoms with Crippen molar-refractivity contribution in [3.63, 3.8) is 0 Å². The molecule has 1 aromatic rings. The van der Waals surface area contributed by atoms with Crippen LogP contribution in [-0.2, 0) is 19.1 Å². The third-order valence-corrected chi connectivity index (χ3v) is 5.10. The number of imide groups is 1. The van der Waals surface area contributed by atoms with E-state index in [4.69, 9.17) is 4.74 Å². The number of esters is 1. The predicted molar refractivity (Wildman–Crippen MR) is 95.4 cm³/mol. The van der Waals surface area contributed by atoms with Gasteiger partial charge in [0.15, 0.2) is 6.61 Å². The van der Waals surface area contributed by atoms with E-state index in [1.807, 2.05) is 0 Å². The van der Waals surface area contributed by atoms with Gasteiger partial charge in [0.25, 0.3) is 11.8 Å². The molecule has 1 aliphatic heterocycles. The fourth-order valence-electron chi connectivity index (χ4n) is 3.58. The summed E-state index contributed by atoms with van der Waals surface area (Å²) in [5.74, 6) is -2.19. The Morgan fingerprint density at radius 3 is 2.54 bits per heavy atom. The summed E-state index contributed by atoms with van der Waals surface area (Å²) in [5.41, 5.74) is -0.193. The summed E-state index contributed by atoms with van der Waals surface area (Å²) < 4.78 is 17.8. The van der Waals surface area contributed by atoms with Gasteiger partial charge in [-0.3, -0.25) is 19.3 Å². The van der Waals surface area contributed by atoms with Crippen molar-refractivity contribution in [2.45, 2.75) is 44.2 Å². The second-order valence-corrected chi connectivity index (χ2v) is 7.11. The summed E-state index contributed by atoms with van der Waals surface area (Å²) in [6.45, 7) is 0.633. The summed E-state index contributed by atoms with van der Waals surface area (Å²) >= 11 is 0. The number of hydrogen-bond acceptors (Lipinski definition) is 5. The lowest BCUT2D eigenvalue weighted by Crippen LogP contribution is -2.44. The van der Waals surface area contributed by atoms with Gasteiger partial charge in [0.05, 0.1) is 6.04 Å². The Hall–Kier alpha value is -2.97. The van der Waals surface area contributed by atoms with Crippen LogP contribution in [0.5, 0.6) is 0 Å². The fraction of sp³-hybridized carbons (Fsp3) is 0.474. The minimum atomic E-state index is -0.890. The number of carbonyl (C=O) groups excluding carboxylic acids is 4. The molecule has 2 fully saturated rings. The standard InChI is InChI=1S/C19H22FN3O5/c1-12(13-4-6-14(20)7-5-13)21-15(24)11-28-16(25)10-23-17(26)19(22-18(23)27)8-2-3-9-19/h4-7,12H,2-3,8-11H2,1H3,(H,21,24)(H,22,27). The monoisotopic (exact) mass is 391 g/mol. The van der Waals surface area contributed by atoms with Gasteiger partial charge in [-0.1, -0.05) is 25.0 Å². The third-order valence-electron chi connectivity index (χ3n) is 5.10. The average molecular weight is 391 g/mol. The summed E-state index contributed by atoms with van der Waals surface area (Å²) in [7, 11) is 0. The quantitative estimate of drug-likeness (QED) is 0.564. The highest BCUT2D eigenvalue weighted by molar-refractivity contribution is 6.08. The van der Waals surface area contributed by atoms with Crippen LogP contribution in [0.25, 0.3) is 0 Å². The topological polar surface area (TPSA) is 105 Å². The van der Waals surface area contributed by atoms with E-state index in [1.165, 1.54) is 12.1 Å². The van der Waals surface area contributed by atoms with E-state index >= 15 is 0 Å². The first-order valence-electron chi connectivity index (χ1n) is 9.15. The number of hydrogen-bond donors (Lipinski definition) is 2. The lowest BCUT2D eigenvalue weighted by atomic mass is 9.98. The van der Waals surface area contributed by atoms with E-state index in [9.17, 15) is 23.6 Å². The van der Waals surface area contributed by atoms with Crippen molar-refractivity contribution in [3.05, 3.63) is 35.6 Å². The van der Waals surface area contributed by atoms with Crippen LogP contribution in [-0.4, -0.2) is 47.4 Å². The van der Waals surface area contributed by atoms with Crippen molar-refractivity contribution in [2.24, 2.45) is 0 Å². The van der Waals surface area contributed by atoms with Crippen LogP contribution < -0.4 is 10.6 Å². The number of nitrogens with zero attached hydrogens (tertiary/aromatic N) is 1. The van der Waals surface area contributed by atoms with Crippen LogP contribution in [0.1, 0.15) is 44.2 Å². The molecule has 3 rings (SSSR count).